The molecule has 2 atom stereocenters. The van der Waals surface area contributed by atoms with E-state index in [1.807, 2.05) is 0 Å². The van der Waals surface area contributed by atoms with Crippen LogP contribution in [0.5, 0.6) is 0 Å². The first kappa shape index (κ1) is 16.3. The van der Waals surface area contributed by atoms with E-state index in [0.717, 1.165) is 37.8 Å². The van der Waals surface area contributed by atoms with Gasteiger partial charge in [-0.2, -0.15) is 0 Å². The molecule has 2 aliphatic heterocycles. The van der Waals surface area contributed by atoms with E-state index in [-0.39, 0.29) is 5.54 Å². The van der Waals surface area contributed by atoms with Gasteiger partial charge in [-0.15, -0.1) is 0 Å². The van der Waals surface area contributed by atoms with Crippen molar-refractivity contribution in [3.63, 3.8) is 0 Å². The van der Waals surface area contributed by atoms with Crippen LogP contribution in [0, 0.1) is 17.8 Å². The Labute approximate surface area is 125 Å². The minimum absolute atomic E-state index is 0.204. The molecule has 2 aliphatic rings. The maximum Gasteiger partial charge on any atom is 0.0616 e. The van der Waals surface area contributed by atoms with Crippen LogP contribution < -0.4 is 5.73 Å². The molecule has 0 aromatic rings. The van der Waals surface area contributed by atoms with Crippen molar-refractivity contribution in [3.05, 3.63) is 0 Å². The second-order valence-corrected chi connectivity index (χ2v) is 7.60. The summed E-state index contributed by atoms with van der Waals surface area (Å²) >= 11 is 0. The number of likely N-dealkylation sites (tertiary alicyclic amines) is 1. The third-order valence-corrected chi connectivity index (χ3v) is 5.76. The molecular formula is C17H34N2O. The number of hydrogen-bond acceptors (Lipinski definition) is 3. The van der Waals surface area contributed by atoms with Crippen molar-refractivity contribution >= 4 is 0 Å². The number of nitrogens with zero attached hydrogens (tertiary/aromatic N) is 1. The zero-order valence-corrected chi connectivity index (χ0v) is 13.9. The molecule has 2 saturated heterocycles. The second-order valence-electron chi connectivity index (χ2n) is 7.60. The Morgan fingerprint density at radius 1 is 1.15 bits per heavy atom. The van der Waals surface area contributed by atoms with Crippen molar-refractivity contribution in [2.75, 3.05) is 26.2 Å². The number of hydrogen-bond donors (Lipinski definition) is 1. The largest absolute Gasteiger partial charge is 0.378 e. The van der Waals surface area contributed by atoms with Gasteiger partial charge in [-0.1, -0.05) is 27.7 Å². The molecule has 2 fully saturated rings. The lowest BCUT2D eigenvalue weighted by atomic mass is 9.78. The third-order valence-electron chi connectivity index (χ3n) is 5.76. The molecule has 2 heterocycles. The zero-order valence-electron chi connectivity index (χ0n) is 13.9. The standard InChI is InChI=1S/C17H34N2O/c1-13(2)15-5-8-19(9-6-15)17(12-18)7-10-20-16(11-17)14(3)4/h13-16H,5-12,18H2,1-4H3. The molecule has 118 valence electrons. The van der Waals surface area contributed by atoms with Crippen LogP contribution >= 0.6 is 0 Å². The number of ether oxygens (including phenoxy) is 1. The molecular weight excluding hydrogens is 248 g/mol. The van der Waals surface area contributed by atoms with Gasteiger partial charge in [-0.3, -0.25) is 4.90 Å². The molecule has 0 radical (unpaired) electrons. The molecule has 0 aromatic heterocycles. The topological polar surface area (TPSA) is 38.5 Å². The smallest absolute Gasteiger partial charge is 0.0616 e. The summed E-state index contributed by atoms with van der Waals surface area (Å²) in [6.07, 6.45) is 5.29. The van der Waals surface area contributed by atoms with Gasteiger partial charge in [0.15, 0.2) is 0 Å². The first-order valence-corrected chi connectivity index (χ1v) is 8.55. The summed E-state index contributed by atoms with van der Waals surface area (Å²) in [6, 6.07) is 0. The summed E-state index contributed by atoms with van der Waals surface area (Å²) in [6.45, 7) is 13.4. The summed E-state index contributed by atoms with van der Waals surface area (Å²) < 4.78 is 5.96. The van der Waals surface area contributed by atoms with Crippen molar-refractivity contribution in [2.24, 2.45) is 23.5 Å². The van der Waals surface area contributed by atoms with Crippen LogP contribution in [0.25, 0.3) is 0 Å². The third kappa shape index (κ3) is 3.37. The second kappa shape index (κ2) is 6.76. The van der Waals surface area contributed by atoms with Gasteiger partial charge in [0.2, 0.25) is 0 Å². The summed E-state index contributed by atoms with van der Waals surface area (Å²) in [5, 5.41) is 0. The maximum atomic E-state index is 6.23. The Kier molecular flexibility index (Phi) is 5.49. The predicted octanol–water partition coefficient (Wildman–Crippen LogP) is 2.89. The molecule has 3 heteroatoms. The summed E-state index contributed by atoms with van der Waals surface area (Å²) in [7, 11) is 0. The average molecular weight is 282 g/mol. The molecule has 2 unspecified atom stereocenters. The van der Waals surface area contributed by atoms with Crippen molar-refractivity contribution in [3.8, 4) is 0 Å². The molecule has 0 aliphatic carbocycles. The lowest BCUT2D eigenvalue weighted by molar-refractivity contribution is -0.0951. The highest BCUT2D eigenvalue weighted by molar-refractivity contribution is 4.98. The normalized spacial score (nSPS) is 34.0. The lowest BCUT2D eigenvalue weighted by Crippen LogP contribution is -2.61. The monoisotopic (exact) mass is 282 g/mol. The molecule has 2 N–H and O–H groups in total. The van der Waals surface area contributed by atoms with E-state index in [1.165, 1.54) is 25.9 Å². The van der Waals surface area contributed by atoms with Crippen LogP contribution in [0.4, 0.5) is 0 Å². The Hall–Kier alpha value is -0.120. The average Bonchev–Trinajstić information content (AvgIpc) is 2.47. The number of rotatable bonds is 4. The minimum Gasteiger partial charge on any atom is -0.378 e. The van der Waals surface area contributed by atoms with Gasteiger partial charge >= 0.3 is 0 Å². The Balaban J connectivity index is 2.00. The number of piperidine rings is 1. The SMILES string of the molecule is CC(C)C1CCN(C2(CN)CCOC(C(C)C)C2)CC1. The van der Waals surface area contributed by atoms with Crippen molar-refractivity contribution in [1.82, 2.24) is 4.90 Å². The summed E-state index contributed by atoms with van der Waals surface area (Å²) in [5.74, 6) is 2.32. The van der Waals surface area contributed by atoms with Gasteiger partial charge in [0.25, 0.3) is 0 Å². The summed E-state index contributed by atoms with van der Waals surface area (Å²) in [4.78, 5) is 2.70. The van der Waals surface area contributed by atoms with Crippen LogP contribution in [0.1, 0.15) is 53.4 Å². The Morgan fingerprint density at radius 2 is 1.80 bits per heavy atom. The van der Waals surface area contributed by atoms with E-state index >= 15 is 0 Å². The maximum absolute atomic E-state index is 6.23. The lowest BCUT2D eigenvalue weighted by Gasteiger charge is -2.51. The van der Waals surface area contributed by atoms with Crippen molar-refractivity contribution < 1.29 is 4.74 Å². The van der Waals surface area contributed by atoms with Crippen LogP contribution in [0.2, 0.25) is 0 Å². The quantitative estimate of drug-likeness (QED) is 0.861. The summed E-state index contributed by atoms with van der Waals surface area (Å²) in [5.41, 5.74) is 6.43. The van der Waals surface area contributed by atoms with E-state index in [9.17, 15) is 0 Å². The van der Waals surface area contributed by atoms with Crippen molar-refractivity contribution in [2.45, 2.75) is 65.0 Å². The highest BCUT2D eigenvalue weighted by Gasteiger charge is 2.42. The van der Waals surface area contributed by atoms with Gasteiger partial charge in [-0.25, -0.2) is 0 Å². The van der Waals surface area contributed by atoms with E-state index in [0.29, 0.717) is 12.0 Å². The molecule has 3 nitrogen and oxygen atoms in total. The fourth-order valence-corrected chi connectivity index (χ4v) is 4.01. The first-order chi connectivity index (χ1) is 9.48. The van der Waals surface area contributed by atoms with Crippen LogP contribution in [-0.2, 0) is 4.74 Å². The van der Waals surface area contributed by atoms with E-state index in [4.69, 9.17) is 10.5 Å². The molecule has 2 rings (SSSR count). The first-order valence-electron chi connectivity index (χ1n) is 8.55. The van der Waals surface area contributed by atoms with Crippen LogP contribution in [-0.4, -0.2) is 42.8 Å². The highest BCUT2D eigenvalue weighted by Crippen LogP contribution is 2.36. The van der Waals surface area contributed by atoms with Gasteiger partial charge in [-0.05, 0) is 56.5 Å². The van der Waals surface area contributed by atoms with Gasteiger partial charge in [0.1, 0.15) is 0 Å². The molecule has 0 saturated carbocycles. The zero-order chi connectivity index (χ0) is 14.8. The fraction of sp³-hybridized carbons (Fsp3) is 1.00. The Bertz CT molecular complexity index is 297. The molecule has 0 amide bonds. The minimum atomic E-state index is 0.204. The molecule has 0 spiro atoms. The predicted molar refractivity (Wildman–Crippen MR) is 84.7 cm³/mol. The van der Waals surface area contributed by atoms with Crippen molar-refractivity contribution in [1.29, 1.82) is 0 Å². The Morgan fingerprint density at radius 3 is 2.30 bits per heavy atom. The van der Waals surface area contributed by atoms with E-state index < -0.39 is 0 Å². The van der Waals surface area contributed by atoms with Crippen LogP contribution in [0.3, 0.4) is 0 Å². The van der Waals surface area contributed by atoms with Gasteiger partial charge in [0.05, 0.1) is 6.10 Å². The van der Waals surface area contributed by atoms with Gasteiger partial charge < -0.3 is 10.5 Å². The van der Waals surface area contributed by atoms with E-state index in [2.05, 4.69) is 32.6 Å². The fourth-order valence-electron chi connectivity index (χ4n) is 4.01. The molecule has 0 bridgehead atoms. The van der Waals surface area contributed by atoms with Crippen LogP contribution in [0.15, 0.2) is 0 Å². The highest BCUT2D eigenvalue weighted by atomic mass is 16.5. The number of nitrogens with two attached hydrogens (primary N) is 1. The van der Waals surface area contributed by atoms with E-state index in [1.54, 1.807) is 0 Å². The molecule has 20 heavy (non-hydrogen) atoms. The molecule has 0 aromatic carbocycles. The van der Waals surface area contributed by atoms with Gasteiger partial charge in [0, 0.05) is 18.7 Å².